The van der Waals surface area contributed by atoms with Crippen LogP contribution in [0.15, 0.2) is 35.7 Å². The van der Waals surface area contributed by atoms with E-state index in [9.17, 15) is 4.79 Å². The van der Waals surface area contributed by atoms with Crippen molar-refractivity contribution in [1.29, 1.82) is 0 Å². The van der Waals surface area contributed by atoms with Gasteiger partial charge in [-0.25, -0.2) is 0 Å². The third kappa shape index (κ3) is 3.56. The zero-order valence-corrected chi connectivity index (χ0v) is 15.0. The van der Waals surface area contributed by atoms with Gasteiger partial charge in [0.15, 0.2) is 11.5 Å². The molecule has 1 saturated heterocycles. The Morgan fingerprint density at radius 2 is 2.08 bits per heavy atom. The molecule has 0 aliphatic carbocycles. The van der Waals surface area contributed by atoms with Gasteiger partial charge in [-0.1, -0.05) is 12.1 Å². The van der Waals surface area contributed by atoms with Crippen molar-refractivity contribution >= 4 is 17.2 Å². The second kappa shape index (κ2) is 7.71. The van der Waals surface area contributed by atoms with Gasteiger partial charge < -0.3 is 14.4 Å². The topological polar surface area (TPSA) is 38.8 Å². The molecule has 0 radical (unpaired) electrons. The molecule has 1 atom stereocenters. The maximum atomic E-state index is 12.7. The number of methoxy groups -OCH3 is 2. The molecule has 2 aromatic rings. The van der Waals surface area contributed by atoms with Gasteiger partial charge in [0.05, 0.1) is 20.3 Å². The zero-order chi connectivity index (χ0) is 16.9. The van der Waals surface area contributed by atoms with Crippen LogP contribution in [0.4, 0.5) is 0 Å². The molecule has 4 nitrogen and oxygen atoms in total. The quantitative estimate of drug-likeness (QED) is 0.792. The van der Waals surface area contributed by atoms with Crippen LogP contribution in [-0.4, -0.2) is 31.6 Å². The number of aryl methyl sites for hydroxylation is 1. The van der Waals surface area contributed by atoms with E-state index in [1.165, 1.54) is 4.88 Å². The van der Waals surface area contributed by atoms with Crippen LogP contribution in [0.3, 0.4) is 0 Å². The van der Waals surface area contributed by atoms with Crippen molar-refractivity contribution < 1.29 is 14.3 Å². The Labute approximate surface area is 147 Å². The molecule has 1 unspecified atom stereocenters. The van der Waals surface area contributed by atoms with E-state index in [4.69, 9.17) is 9.47 Å². The van der Waals surface area contributed by atoms with Gasteiger partial charge in [0, 0.05) is 17.8 Å². The summed E-state index contributed by atoms with van der Waals surface area (Å²) in [6.45, 7) is 0.868. The Balaban J connectivity index is 1.63. The highest BCUT2D eigenvalue weighted by molar-refractivity contribution is 7.10. The SMILES string of the molecule is COc1ccc(CCC(=O)N2CCCC2c2cccs2)cc1OC. The number of carbonyl (C=O) groups is 1. The van der Waals surface area contributed by atoms with Crippen molar-refractivity contribution in [3.63, 3.8) is 0 Å². The first-order chi connectivity index (χ1) is 11.7. The molecule has 1 aromatic heterocycles. The third-order valence-electron chi connectivity index (χ3n) is 4.52. The lowest BCUT2D eigenvalue weighted by Gasteiger charge is -2.24. The molecule has 1 fully saturated rings. The van der Waals surface area contributed by atoms with Gasteiger partial charge in [-0.3, -0.25) is 4.79 Å². The Hall–Kier alpha value is -2.01. The Morgan fingerprint density at radius 1 is 1.25 bits per heavy atom. The Morgan fingerprint density at radius 3 is 2.79 bits per heavy atom. The molecule has 1 amide bonds. The fourth-order valence-electron chi connectivity index (χ4n) is 3.27. The summed E-state index contributed by atoms with van der Waals surface area (Å²) < 4.78 is 10.6. The van der Waals surface area contributed by atoms with Gasteiger partial charge in [0.1, 0.15) is 0 Å². The number of likely N-dealkylation sites (tertiary alicyclic amines) is 1. The summed E-state index contributed by atoms with van der Waals surface area (Å²) in [6.07, 6.45) is 3.40. The van der Waals surface area contributed by atoms with Gasteiger partial charge in [0.2, 0.25) is 5.91 Å². The van der Waals surface area contributed by atoms with Crippen molar-refractivity contribution in [2.45, 2.75) is 31.7 Å². The number of nitrogens with zero attached hydrogens (tertiary/aromatic N) is 1. The number of thiophene rings is 1. The van der Waals surface area contributed by atoms with E-state index in [0.717, 1.165) is 24.9 Å². The molecule has 2 heterocycles. The summed E-state index contributed by atoms with van der Waals surface area (Å²) in [5.74, 6) is 1.66. The van der Waals surface area contributed by atoms with Crippen LogP contribution in [0.5, 0.6) is 11.5 Å². The molecule has 128 valence electrons. The molecule has 0 bridgehead atoms. The maximum absolute atomic E-state index is 12.7. The number of benzene rings is 1. The van der Waals surface area contributed by atoms with Gasteiger partial charge in [-0.05, 0) is 48.4 Å². The van der Waals surface area contributed by atoms with E-state index in [1.54, 1.807) is 25.6 Å². The normalized spacial score (nSPS) is 17.1. The second-order valence-corrected chi connectivity index (χ2v) is 6.93. The highest BCUT2D eigenvalue weighted by Gasteiger charge is 2.30. The molecule has 24 heavy (non-hydrogen) atoms. The molecule has 5 heteroatoms. The van der Waals surface area contributed by atoms with Crippen molar-refractivity contribution in [2.75, 3.05) is 20.8 Å². The fraction of sp³-hybridized carbons (Fsp3) is 0.421. The van der Waals surface area contributed by atoms with E-state index in [2.05, 4.69) is 17.5 Å². The standard InChI is InChI=1S/C19H23NO3S/c1-22-16-9-7-14(13-17(16)23-2)8-10-19(21)20-11-3-5-15(20)18-6-4-12-24-18/h4,6-7,9,12-13,15H,3,5,8,10-11H2,1-2H3. The largest absolute Gasteiger partial charge is 0.493 e. The molecule has 1 aliphatic heterocycles. The minimum absolute atomic E-state index is 0.237. The number of hydrogen-bond acceptors (Lipinski definition) is 4. The zero-order valence-electron chi connectivity index (χ0n) is 14.2. The summed E-state index contributed by atoms with van der Waals surface area (Å²) in [5, 5.41) is 2.08. The van der Waals surface area contributed by atoms with Gasteiger partial charge in [0.25, 0.3) is 0 Å². The van der Waals surface area contributed by atoms with E-state index in [1.807, 2.05) is 23.1 Å². The van der Waals surface area contributed by atoms with Crippen molar-refractivity contribution in [3.8, 4) is 11.5 Å². The third-order valence-corrected chi connectivity index (χ3v) is 5.49. The van der Waals surface area contributed by atoms with Gasteiger partial charge in [-0.2, -0.15) is 0 Å². The average molecular weight is 345 g/mol. The second-order valence-electron chi connectivity index (χ2n) is 5.95. The van der Waals surface area contributed by atoms with Crippen LogP contribution in [0.1, 0.15) is 35.7 Å². The minimum Gasteiger partial charge on any atom is -0.493 e. The lowest BCUT2D eigenvalue weighted by molar-refractivity contribution is -0.132. The number of amides is 1. The first-order valence-electron chi connectivity index (χ1n) is 8.26. The van der Waals surface area contributed by atoms with Crippen LogP contribution in [0, 0.1) is 0 Å². The first-order valence-corrected chi connectivity index (χ1v) is 9.14. The predicted octanol–water partition coefficient (Wildman–Crippen LogP) is 4.06. The molecule has 1 aliphatic rings. The number of rotatable bonds is 6. The molecule has 1 aromatic carbocycles. The van der Waals surface area contributed by atoms with Crippen molar-refractivity contribution in [3.05, 3.63) is 46.2 Å². The average Bonchev–Trinajstić information content (AvgIpc) is 3.29. The maximum Gasteiger partial charge on any atom is 0.223 e. The van der Waals surface area contributed by atoms with Crippen molar-refractivity contribution in [2.24, 2.45) is 0 Å². The van der Waals surface area contributed by atoms with Crippen LogP contribution in [0.25, 0.3) is 0 Å². The first kappa shape index (κ1) is 16.8. The van der Waals surface area contributed by atoms with Gasteiger partial charge in [-0.15, -0.1) is 11.3 Å². The van der Waals surface area contributed by atoms with E-state index < -0.39 is 0 Å². The molecular weight excluding hydrogens is 322 g/mol. The number of ether oxygens (including phenoxy) is 2. The van der Waals surface area contributed by atoms with Crippen LogP contribution < -0.4 is 9.47 Å². The summed E-state index contributed by atoms with van der Waals surface area (Å²) in [5.41, 5.74) is 1.09. The van der Waals surface area contributed by atoms with E-state index in [0.29, 0.717) is 24.3 Å². The highest BCUT2D eigenvalue weighted by atomic mass is 32.1. The van der Waals surface area contributed by atoms with Crippen LogP contribution in [-0.2, 0) is 11.2 Å². The fourth-order valence-corrected chi connectivity index (χ4v) is 4.15. The Kier molecular flexibility index (Phi) is 5.41. The molecule has 3 rings (SSSR count). The van der Waals surface area contributed by atoms with Crippen LogP contribution in [0.2, 0.25) is 0 Å². The lowest BCUT2D eigenvalue weighted by atomic mass is 10.1. The van der Waals surface area contributed by atoms with E-state index >= 15 is 0 Å². The smallest absolute Gasteiger partial charge is 0.223 e. The predicted molar refractivity (Wildman–Crippen MR) is 95.9 cm³/mol. The summed E-state index contributed by atoms with van der Waals surface area (Å²) >= 11 is 1.74. The monoisotopic (exact) mass is 345 g/mol. The molecule has 0 spiro atoms. The highest BCUT2D eigenvalue weighted by Crippen LogP contribution is 2.35. The number of hydrogen-bond donors (Lipinski definition) is 0. The van der Waals surface area contributed by atoms with E-state index in [-0.39, 0.29) is 11.9 Å². The summed E-state index contributed by atoms with van der Waals surface area (Å²) in [4.78, 5) is 16.0. The molecular formula is C19H23NO3S. The Bertz CT molecular complexity index is 684. The number of carbonyl (C=O) groups excluding carboxylic acids is 1. The lowest BCUT2D eigenvalue weighted by Crippen LogP contribution is -2.30. The van der Waals surface area contributed by atoms with Crippen molar-refractivity contribution in [1.82, 2.24) is 4.90 Å². The summed E-state index contributed by atoms with van der Waals surface area (Å²) in [7, 11) is 3.25. The van der Waals surface area contributed by atoms with Gasteiger partial charge >= 0.3 is 0 Å². The molecule has 0 N–H and O–H groups in total. The van der Waals surface area contributed by atoms with Crippen LogP contribution >= 0.6 is 11.3 Å². The minimum atomic E-state index is 0.237. The summed E-state index contributed by atoms with van der Waals surface area (Å²) in [6, 6.07) is 10.3. The molecule has 0 saturated carbocycles.